The molecule has 6 nitrogen and oxygen atoms in total. The third kappa shape index (κ3) is 4.85. The molecular weight excluding hydrogens is 484 g/mol. The summed E-state index contributed by atoms with van der Waals surface area (Å²) in [5, 5.41) is 10.9. The van der Waals surface area contributed by atoms with E-state index in [9.17, 15) is 9.59 Å². The minimum Gasteiger partial charge on any atom is -0.361 e. The Morgan fingerprint density at radius 1 is 0.923 bits per heavy atom. The molecule has 200 valence electrons. The van der Waals surface area contributed by atoms with Crippen LogP contribution in [0.5, 0.6) is 0 Å². The summed E-state index contributed by atoms with van der Waals surface area (Å²) in [7, 11) is 0. The van der Waals surface area contributed by atoms with Crippen LogP contribution >= 0.6 is 0 Å². The average Bonchev–Trinajstić information content (AvgIpc) is 3.52. The van der Waals surface area contributed by atoms with E-state index in [-0.39, 0.29) is 29.2 Å². The Bertz CT molecular complexity index is 1470. The van der Waals surface area contributed by atoms with E-state index in [0.29, 0.717) is 12.8 Å². The van der Waals surface area contributed by atoms with Gasteiger partial charge in [-0.25, -0.2) is 0 Å². The topological polar surface area (TPSA) is 86.0 Å². The highest BCUT2D eigenvalue weighted by molar-refractivity contribution is 5.91. The van der Waals surface area contributed by atoms with Crippen LogP contribution in [0.4, 0.5) is 0 Å². The molecule has 1 spiro atoms. The monoisotopic (exact) mass is 520 g/mol. The van der Waals surface area contributed by atoms with Crippen LogP contribution in [-0.2, 0) is 27.8 Å². The van der Waals surface area contributed by atoms with E-state index in [1.165, 1.54) is 11.1 Å². The van der Waals surface area contributed by atoms with Crippen molar-refractivity contribution in [3.8, 4) is 0 Å². The number of carbonyl (C=O) groups excluding carboxylic acids is 2. The lowest BCUT2D eigenvalue weighted by Crippen LogP contribution is -2.54. The summed E-state index contributed by atoms with van der Waals surface area (Å²) in [6.45, 7) is 3.77. The van der Waals surface area contributed by atoms with Crippen LogP contribution in [0.1, 0.15) is 48.1 Å². The Morgan fingerprint density at radius 3 is 2.46 bits per heavy atom. The number of amides is 2. The van der Waals surface area contributed by atoms with Gasteiger partial charge >= 0.3 is 0 Å². The molecular formula is C33H36N4O2. The molecule has 6 heteroatoms. The third-order valence-electron chi connectivity index (χ3n) is 8.85. The summed E-state index contributed by atoms with van der Waals surface area (Å²) >= 11 is 0. The van der Waals surface area contributed by atoms with Crippen molar-refractivity contribution in [1.82, 2.24) is 20.9 Å². The van der Waals surface area contributed by atoms with Gasteiger partial charge in [0.1, 0.15) is 6.04 Å². The number of rotatable bonds is 7. The molecule has 2 amide bonds. The fourth-order valence-electron chi connectivity index (χ4n) is 6.76. The van der Waals surface area contributed by atoms with Crippen molar-refractivity contribution < 1.29 is 9.59 Å². The van der Waals surface area contributed by atoms with Gasteiger partial charge in [0.15, 0.2) is 0 Å². The number of benzene rings is 3. The smallest absolute Gasteiger partial charge is 0.243 e. The molecule has 0 bridgehead atoms. The predicted molar refractivity (Wildman–Crippen MR) is 154 cm³/mol. The van der Waals surface area contributed by atoms with Crippen LogP contribution in [-0.4, -0.2) is 35.9 Å². The molecule has 4 aromatic rings. The maximum Gasteiger partial charge on any atom is 0.243 e. The van der Waals surface area contributed by atoms with Gasteiger partial charge < -0.3 is 20.9 Å². The van der Waals surface area contributed by atoms with Crippen molar-refractivity contribution in [2.24, 2.45) is 5.92 Å². The molecule has 1 fully saturated rings. The summed E-state index contributed by atoms with van der Waals surface area (Å²) in [6, 6.07) is 25.6. The molecule has 2 heterocycles. The first-order valence-electron chi connectivity index (χ1n) is 14.0. The van der Waals surface area contributed by atoms with E-state index in [0.717, 1.165) is 48.0 Å². The Labute approximate surface area is 229 Å². The first kappa shape index (κ1) is 25.4. The summed E-state index contributed by atoms with van der Waals surface area (Å²) in [5.74, 6) is -0.387. The minimum atomic E-state index is -0.689. The van der Waals surface area contributed by atoms with Crippen LogP contribution < -0.4 is 16.0 Å². The summed E-state index contributed by atoms with van der Waals surface area (Å²) in [5.41, 5.74) is 5.45. The highest BCUT2D eigenvalue weighted by Gasteiger charge is 2.50. The minimum absolute atomic E-state index is 0.0274. The standard InChI is InChI=1S/C33H36N4O2/c1-22(23-9-3-2-4-10-23)36-32(39)30(20-25-21-35-29-14-8-6-12-26(25)29)37-31(38)28-19-24-11-5-7-13-27(24)33(28)15-17-34-18-16-33/h2-14,21-22,28,30,34-35H,15-20H2,1H3,(H,36,39)(H,37,38)/t22-,28?,30-/m0/s1. The zero-order chi connectivity index (χ0) is 26.8. The second-order valence-electron chi connectivity index (χ2n) is 11.1. The first-order chi connectivity index (χ1) is 19.0. The average molecular weight is 521 g/mol. The van der Waals surface area contributed by atoms with Gasteiger partial charge in [-0.15, -0.1) is 0 Å². The van der Waals surface area contributed by atoms with E-state index < -0.39 is 6.04 Å². The lowest BCUT2D eigenvalue weighted by Gasteiger charge is -2.40. The Morgan fingerprint density at radius 2 is 1.64 bits per heavy atom. The number of fused-ring (bicyclic) bond motifs is 3. The number of aromatic nitrogens is 1. The van der Waals surface area contributed by atoms with Crippen LogP contribution in [0.15, 0.2) is 85.1 Å². The summed E-state index contributed by atoms with van der Waals surface area (Å²) < 4.78 is 0. The lowest BCUT2D eigenvalue weighted by molar-refractivity contribution is -0.133. The van der Waals surface area contributed by atoms with E-state index >= 15 is 0 Å². The molecule has 2 aliphatic rings. The fraction of sp³-hybridized carbons (Fsp3) is 0.333. The van der Waals surface area contributed by atoms with Crippen molar-refractivity contribution in [3.63, 3.8) is 0 Å². The van der Waals surface area contributed by atoms with Crippen molar-refractivity contribution in [2.75, 3.05) is 13.1 Å². The van der Waals surface area contributed by atoms with Crippen LogP contribution in [0.25, 0.3) is 10.9 Å². The molecule has 1 saturated heterocycles. The van der Waals surface area contributed by atoms with Gasteiger partial charge in [-0.2, -0.15) is 0 Å². The Kier molecular flexibility index (Phi) is 6.96. The van der Waals surface area contributed by atoms with Crippen LogP contribution in [0.2, 0.25) is 0 Å². The quantitative estimate of drug-likeness (QED) is 0.288. The van der Waals surface area contributed by atoms with Crippen molar-refractivity contribution in [1.29, 1.82) is 0 Å². The van der Waals surface area contributed by atoms with Gasteiger partial charge in [0.05, 0.1) is 12.0 Å². The molecule has 6 rings (SSSR count). The predicted octanol–water partition coefficient (Wildman–Crippen LogP) is 4.57. The van der Waals surface area contributed by atoms with Crippen LogP contribution in [0.3, 0.4) is 0 Å². The highest BCUT2D eigenvalue weighted by Crippen LogP contribution is 2.49. The van der Waals surface area contributed by atoms with Crippen molar-refractivity contribution in [2.45, 2.75) is 50.1 Å². The third-order valence-corrected chi connectivity index (χ3v) is 8.85. The van der Waals surface area contributed by atoms with Crippen molar-refractivity contribution in [3.05, 3.63) is 107 Å². The highest BCUT2D eigenvalue weighted by atomic mass is 16.2. The van der Waals surface area contributed by atoms with Crippen molar-refractivity contribution >= 4 is 22.7 Å². The number of nitrogens with one attached hydrogen (secondary N) is 4. The van der Waals surface area contributed by atoms with E-state index in [4.69, 9.17) is 0 Å². The molecule has 3 aromatic carbocycles. The number of carbonyl (C=O) groups is 2. The number of piperidine rings is 1. The number of para-hydroxylation sites is 1. The SMILES string of the molecule is C[C@H](NC(=O)[C@H](Cc1c[nH]c2ccccc12)NC(=O)C1Cc2ccccc2C12CCNCC2)c1ccccc1. The van der Waals surface area contributed by atoms with Gasteiger partial charge in [-0.3, -0.25) is 9.59 Å². The second-order valence-corrected chi connectivity index (χ2v) is 11.1. The van der Waals surface area contributed by atoms with Gasteiger partial charge in [0, 0.05) is 28.9 Å². The molecule has 4 N–H and O–H groups in total. The second kappa shape index (κ2) is 10.7. The normalized spacial score (nSPS) is 19.4. The zero-order valence-electron chi connectivity index (χ0n) is 22.4. The summed E-state index contributed by atoms with van der Waals surface area (Å²) in [6.07, 6.45) is 4.93. The zero-order valence-corrected chi connectivity index (χ0v) is 22.4. The molecule has 1 aliphatic heterocycles. The number of aromatic amines is 1. The molecule has 3 atom stereocenters. The van der Waals surface area contributed by atoms with Gasteiger partial charge in [-0.1, -0.05) is 72.8 Å². The van der Waals surface area contributed by atoms with Gasteiger partial charge in [0.2, 0.25) is 11.8 Å². The number of H-pyrrole nitrogens is 1. The molecule has 0 radical (unpaired) electrons. The Hall–Kier alpha value is -3.90. The van der Waals surface area contributed by atoms with Gasteiger partial charge in [0.25, 0.3) is 0 Å². The van der Waals surface area contributed by atoms with E-state index in [2.05, 4.69) is 51.3 Å². The maximum absolute atomic E-state index is 14.1. The van der Waals surface area contributed by atoms with E-state index in [1.54, 1.807) is 0 Å². The van der Waals surface area contributed by atoms with E-state index in [1.807, 2.05) is 61.7 Å². The lowest BCUT2D eigenvalue weighted by atomic mass is 9.68. The first-order valence-corrected chi connectivity index (χ1v) is 14.0. The number of hydrogen-bond acceptors (Lipinski definition) is 3. The molecule has 1 unspecified atom stereocenters. The van der Waals surface area contributed by atoms with Crippen LogP contribution in [0, 0.1) is 5.92 Å². The van der Waals surface area contributed by atoms with Gasteiger partial charge in [-0.05, 0) is 67.6 Å². The molecule has 0 saturated carbocycles. The molecule has 1 aromatic heterocycles. The largest absolute Gasteiger partial charge is 0.361 e. The summed E-state index contributed by atoms with van der Waals surface area (Å²) in [4.78, 5) is 31.2. The maximum atomic E-state index is 14.1. The molecule has 39 heavy (non-hydrogen) atoms. The fourth-order valence-corrected chi connectivity index (χ4v) is 6.76. The molecule has 1 aliphatic carbocycles. The Balaban J connectivity index is 1.28. The number of hydrogen-bond donors (Lipinski definition) is 4.